The molecule has 0 heterocycles. The van der Waals surface area contributed by atoms with Gasteiger partial charge < -0.3 is 14.2 Å². The molecule has 120 valence electrons. The first kappa shape index (κ1) is 16.4. The SMILES string of the molecule is COC(=O)c1cc(OC)cc(OC)c1C=NNc1ccccc1. The quantitative estimate of drug-likeness (QED) is 0.504. The first-order chi connectivity index (χ1) is 11.2. The number of nitrogens with zero attached hydrogens (tertiary/aromatic N) is 1. The average molecular weight is 314 g/mol. The molecule has 0 fully saturated rings. The number of hydrogen-bond acceptors (Lipinski definition) is 6. The number of nitrogens with one attached hydrogen (secondary N) is 1. The second-order valence-electron chi connectivity index (χ2n) is 4.52. The number of hydrogen-bond donors (Lipinski definition) is 1. The molecule has 0 aliphatic rings. The van der Waals surface area contributed by atoms with Crippen molar-refractivity contribution in [3.05, 3.63) is 53.6 Å². The van der Waals surface area contributed by atoms with Crippen LogP contribution >= 0.6 is 0 Å². The van der Waals surface area contributed by atoms with Gasteiger partial charge in [0.2, 0.25) is 0 Å². The number of hydrazone groups is 1. The van der Waals surface area contributed by atoms with Crippen molar-refractivity contribution in [3.63, 3.8) is 0 Å². The van der Waals surface area contributed by atoms with E-state index in [1.807, 2.05) is 30.3 Å². The van der Waals surface area contributed by atoms with Gasteiger partial charge in [0.15, 0.2) is 0 Å². The third kappa shape index (κ3) is 4.00. The number of ether oxygens (including phenoxy) is 3. The fourth-order valence-corrected chi connectivity index (χ4v) is 1.98. The summed E-state index contributed by atoms with van der Waals surface area (Å²) < 4.78 is 15.3. The van der Waals surface area contributed by atoms with Gasteiger partial charge in [0, 0.05) is 6.07 Å². The molecule has 6 nitrogen and oxygen atoms in total. The fourth-order valence-electron chi connectivity index (χ4n) is 1.98. The Balaban J connectivity index is 2.36. The predicted octanol–water partition coefficient (Wildman–Crippen LogP) is 2.94. The van der Waals surface area contributed by atoms with E-state index < -0.39 is 5.97 Å². The molecular weight excluding hydrogens is 296 g/mol. The number of para-hydroxylation sites is 1. The maximum absolute atomic E-state index is 12.0. The van der Waals surface area contributed by atoms with E-state index in [2.05, 4.69) is 10.5 Å². The molecule has 2 aromatic carbocycles. The van der Waals surface area contributed by atoms with Gasteiger partial charge in [-0.2, -0.15) is 5.10 Å². The Bertz CT molecular complexity index is 699. The van der Waals surface area contributed by atoms with Crippen molar-refractivity contribution in [1.29, 1.82) is 0 Å². The fraction of sp³-hybridized carbons (Fsp3) is 0.176. The summed E-state index contributed by atoms with van der Waals surface area (Å²) in [6, 6.07) is 12.7. The van der Waals surface area contributed by atoms with Crippen LogP contribution in [0.1, 0.15) is 15.9 Å². The van der Waals surface area contributed by atoms with Gasteiger partial charge in [-0.15, -0.1) is 0 Å². The first-order valence-electron chi connectivity index (χ1n) is 6.88. The molecule has 0 atom stereocenters. The molecule has 0 unspecified atom stereocenters. The molecule has 1 N–H and O–H groups in total. The lowest BCUT2D eigenvalue weighted by molar-refractivity contribution is 0.0599. The van der Waals surface area contributed by atoms with Gasteiger partial charge in [0.1, 0.15) is 11.5 Å². The van der Waals surface area contributed by atoms with Crippen LogP contribution in [0.2, 0.25) is 0 Å². The molecule has 0 aliphatic heterocycles. The van der Waals surface area contributed by atoms with Crippen LogP contribution < -0.4 is 14.9 Å². The van der Waals surface area contributed by atoms with Crippen LogP contribution in [0.5, 0.6) is 11.5 Å². The molecule has 0 amide bonds. The van der Waals surface area contributed by atoms with E-state index in [0.29, 0.717) is 22.6 Å². The largest absolute Gasteiger partial charge is 0.497 e. The number of carbonyl (C=O) groups excluding carboxylic acids is 1. The third-order valence-electron chi connectivity index (χ3n) is 3.14. The highest BCUT2D eigenvalue weighted by Crippen LogP contribution is 2.28. The van der Waals surface area contributed by atoms with E-state index in [1.165, 1.54) is 27.5 Å². The van der Waals surface area contributed by atoms with Gasteiger partial charge in [-0.3, -0.25) is 5.43 Å². The molecule has 0 saturated heterocycles. The van der Waals surface area contributed by atoms with Gasteiger partial charge in [-0.25, -0.2) is 4.79 Å². The number of methoxy groups -OCH3 is 3. The Morgan fingerprint density at radius 2 is 1.83 bits per heavy atom. The van der Waals surface area contributed by atoms with Crippen molar-refractivity contribution >= 4 is 17.9 Å². The van der Waals surface area contributed by atoms with Crippen molar-refractivity contribution in [3.8, 4) is 11.5 Å². The van der Waals surface area contributed by atoms with Crippen LogP contribution in [0.3, 0.4) is 0 Å². The molecule has 2 aromatic rings. The lowest BCUT2D eigenvalue weighted by Gasteiger charge is -2.12. The predicted molar refractivity (Wildman–Crippen MR) is 88.5 cm³/mol. The summed E-state index contributed by atoms with van der Waals surface area (Å²) in [6.45, 7) is 0. The zero-order valence-corrected chi connectivity index (χ0v) is 13.2. The zero-order chi connectivity index (χ0) is 16.7. The molecule has 2 rings (SSSR count). The molecule has 0 aliphatic carbocycles. The highest BCUT2D eigenvalue weighted by molar-refractivity contribution is 6.02. The zero-order valence-electron chi connectivity index (χ0n) is 13.2. The van der Waals surface area contributed by atoms with Crippen LogP contribution in [0.15, 0.2) is 47.6 Å². The van der Waals surface area contributed by atoms with Crippen molar-refractivity contribution in [2.24, 2.45) is 5.10 Å². The topological polar surface area (TPSA) is 69.2 Å². The molecule has 0 bridgehead atoms. The molecule has 0 spiro atoms. The van der Waals surface area contributed by atoms with E-state index in [4.69, 9.17) is 14.2 Å². The monoisotopic (exact) mass is 314 g/mol. The minimum absolute atomic E-state index is 0.308. The van der Waals surface area contributed by atoms with Crippen molar-refractivity contribution in [1.82, 2.24) is 0 Å². The standard InChI is InChI=1S/C17H18N2O4/c1-21-13-9-14(17(20)23-3)15(16(10-13)22-2)11-18-19-12-7-5-4-6-8-12/h4-11,19H,1-3H3. The molecular formula is C17H18N2O4. The Kier molecular flexibility index (Phi) is 5.57. The van der Waals surface area contributed by atoms with E-state index in [-0.39, 0.29) is 0 Å². The van der Waals surface area contributed by atoms with Crippen molar-refractivity contribution < 1.29 is 19.0 Å². The van der Waals surface area contributed by atoms with Crippen LogP contribution in [0.25, 0.3) is 0 Å². The van der Waals surface area contributed by atoms with Crippen LogP contribution in [-0.4, -0.2) is 33.5 Å². The van der Waals surface area contributed by atoms with E-state index in [0.717, 1.165) is 5.69 Å². The minimum atomic E-state index is -0.497. The Labute approximate surface area is 134 Å². The molecule has 6 heteroatoms. The summed E-state index contributed by atoms with van der Waals surface area (Å²) in [6.07, 6.45) is 1.51. The number of carbonyl (C=O) groups is 1. The van der Waals surface area contributed by atoms with Gasteiger partial charge in [0.25, 0.3) is 0 Å². The van der Waals surface area contributed by atoms with Crippen molar-refractivity contribution in [2.75, 3.05) is 26.8 Å². The van der Waals surface area contributed by atoms with Crippen molar-refractivity contribution in [2.45, 2.75) is 0 Å². The maximum atomic E-state index is 12.0. The van der Waals surface area contributed by atoms with Gasteiger partial charge in [-0.1, -0.05) is 18.2 Å². The summed E-state index contributed by atoms with van der Waals surface area (Å²) in [5.41, 5.74) is 4.53. The lowest BCUT2D eigenvalue weighted by atomic mass is 10.1. The van der Waals surface area contributed by atoms with E-state index >= 15 is 0 Å². The van der Waals surface area contributed by atoms with Gasteiger partial charge >= 0.3 is 5.97 Å². The number of benzene rings is 2. The summed E-state index contributed by atoms with van der Waals surface area (Å²) >= 11 is 0. The summed E-state index contributed by atoms with van der Waals surface area (Å²) in [5.74, 6) is 0.460. The first-order valence-corrected chi connectivity index (χ1v) is 6.88. The number of rotatable bonds is 6. The van der Waals surface area contributed by atoms with Crippen LogP contribution in [0.4, 0.5) is 5.69 Å². The molecule has 0 saturated carbocycles. The molecule has 23 heavy (non-hydrogen) atoms. The molecule has 0 radical (unpaired) electrons. The summed E-state index contributed by atoms with van der Waals surface area (Å²) in [5, 5.41) is 4.15. The third-order valence-corrected chi connectivity index (χ3v) is 3.14. The summed E-state index contributed by atoms with van der Waals surface area (Å²) in [7, 11) is 4.34. The lowest BCUT2D eigenvalue weighted by Crippen LogP contribution is -2.08. The summed E-state index contributed by atoms with van der Waals surface area (Å²) in [4.78, 5) is 12.0. The highest BCUT2D eigenvalue weighted by Gasteiger charge is 2.17. The molecule has 0 aromatic heterocycles. The van der Waals surface area contributed by atoms with E-state index in [9.17, 15) is 4.79 Å². The van der Waals surface area contributed by atoms with E-state index in [1.54, 1.807) is 12.1 Å². The van der Waals surface area contributed by atoms with Gasteiger partial charge in [0.05, 0.1) is 44.4 Å². The second kappa shape index (κ2) is 7.84. The Hall–Kier alpha value is -3.02. The normalized spacial score (nSPS) is 10.4. The minimum Gasteiger partial charge on any atom is -0.497 e. The smallest absolute Gasteiger partial charge is 0.338 e. The second-order valence-corrected chi connectivity index (χ2v) is 4.52. The van der Waals surface area contributed by atoms with Gasteiger partial charge in [-0.05, 0) is 18.2 Å². The average Bonchev–Trinajstić information content (AvgIpc) is 2.61. The van der Waals surface area contributed by atoms with Crippen LogP contribution in [-0.2, 0) is 4.74 Å². The van der Waals surface area contributed by atoms with Crippen LogP contribution in [0, 0.1) is 0 Å². The Morgan fingerprint density at radius 3 is 2.43 bits per heavy atom. The maximum Gasteiger partial charge on any atom is 0.338 e. The number of anilines is 1. The number of esters is 1. The Morgan fingerprint density at radius 1 is 1.09 bits per heavy atom. The highest BCUT2D eigenvalue weighted by atomic mass is 16.5.